The molecule has 4 N–H and O–H groups in total. The molecule has 0 fully saturated rings. The van der Waals surface area contributed by atoms with Crippen LogP contribution in [0.1, 0.15) is 56.1 Å². The number of hydrogen-bond donors (Lipinski definition) is 4. The molecule has 0 bridgehead atoms. The summed E-state index contributed by atoms with van der Waals surface area (Å²) in [5.41, 5.74) is 2.72. The van der Waals surface area contributed by atoms with Crippen LogP contribution in [0.25, 0.3) is 12.2 Å². The molecule has 2 rings (SSSR count). The maximum Gasteiger partial charge on any atom is 0.349 e. The Balaban J connectivity index is 1.63. The van der Waals surface area contributed by atoms with E-state index < -0.39 is 15.2 Å². The van der Waals surface area contributed by atoms with Crippen LogP contribution >= 0.6 is 15.2 Å². The predicted molar refractivity (Wildman–Crippen MR) is 154 cm³/mol. The minimum Gasteiger partial charge on any atom is -0.321 e. The average molecular weight is 579 g/mol. The Bertz CT molecular complexity index is 1090. The summed E-state index contributed by atoms with van der Waals surface area (Å²) in [4.78, 5) is 61.9. The number of rotatable bonds is 18. The van der Waals surface area contributed by atoms with E-state index in [2.05, 4.69) is 0 Å². The van der Waals surface area contributed by atoms with Crippen LogP contribution in [0.3, 0.4) is 0 Å². The van der Waals surface area contributed by atoms with E-state index in [0.29, 0.717) is 24.2 Å². The first-order valence-electron chi connectivity index (χ1n) is 12.6. The first-order valence-corrected chi connectivity index (χ1v) is 16.0. The summed E-state index contributed by atoms with van der Waals surface area (Å²) in [5, 5.41) is 0. The Labute approximate surface area is 229 Å². The summed E-state index contributed by atoms with van der Waals surface area (Å²) in [7, 11) is -8.42. The van der Waals surface area contributed by atoms with Crippen molar-refractivity contribution < 1.29 is 38.3 Å². The molecule has 2 aromatic carbocycles. The summed E-state index contributed by atoms with van der Waals surface area (Å²) >= 11 is 0. The van der Waals surface area contributed by atoms with E-state index in [0.717, 1.165) is 80.8 Å². The third-order valence-electron chi connectivity index (χ3n) is 5.92. The molecule has 0 atom stereocenters. The fourth-order valence-corrected chi connectivity index (χ4v) is 4.59. The van der Waals surface area contributed by atoms with Crippen molar-refractivity contribution in [2.75, 3.05) is 22.9 Å². The summed E-state index contributed by atoms with van der Waals surface area (Å²) in [6.45, 7) is 1.17. The van der Waals surface area contributed by atoms with Gasteiger partial charge in [-0.15, -0.1) is 0 Å². The van der Waals surface area contributed by atoms with Crippen LogP contribution in [0.2, 0.25) is 0 Å². The quantitative estimate of drug-likeness (QED) is 0.105. The van der Waals surface area contributed by atoms with Gasteiger partial charge >= 0.3 is 15.2 Å². The highest BCUT2D eigenvalue weighted by molar-refractivity contribution is 7.55. The van der Waals surface area contributed by atoms with E-state index in [1.165, 1.54) is 12.2 Å². The van der Waals surface area contributed by atoms with E-state index in [4.69, 9.17) is 19.6 Å². The number of carbonyl (C=O) groups is 2. The van der Waals surface area contributed by atoms with Gasteiger partial charge in [-0.2, -0.15) is 0 Å². The topological polar surface area (TPSA) is 156 Å². The maximum absolute atomic E-state index is 11.5. The van der Waals surface area contributed by atoms with Crippen molar-refractivity contribution in [3.05, 3.63) is 71.3 Å². The molecule has 2 aromatic rings. The molecule has 10 nitrogen and oxygen atoms in total. The standard InChI is InChI=1S/C27H36N2O8P2/c30-22-28(26-12-8-24(9-13-26)16-20-38(32,33)34)18-6-4-2-1-3-5-7-19-29(23-31)27-14-10-25(11-15-27)17-21-39(35,36)37/h8-17,20-23H,1-7,18-19H2,(H2,32,33,34)(H2,35,36,37). The lowest BCUT2D eigenvalue weighted by atomic mass is 10.1. The summed E-state index contributed by atoms with van der Waals surface area (Å²) in [6.07, 6.45) is 11.1. The third-order valence-corrected chi connectivity index (χ3v) is 7.00. The molecule has 0 aromatic heterocycles. The zero-order chi connectivity index (χ0) is 28.7. The first-order chi connectivity index (χ1) is 18.5. The van der Waals surface area contributed by atoms with Crippen molar-refractivity contribution in [2.45, 2.75) is 44.9 Å². The van der Waals surface area contributed by atoms with Gasteiger partial charge in [-0.1, -0.05) is 56.4 Å². The molecule has 212 valence electrons. The second kappa shape index (κ2) is 16.3. The highest BCUT2D eigenvalue weighted by Gasteiger charge is 2.09. The van der Waals surface area contributed by atoms with Gasteiger partial charge in [0, 0.05) is 36.1 Å². The summed E-state index contributed by atoms with van der Waals surface area (Å²) in [5.74, 6) is 1.69. The minimum atomic E-state index is -4.21. The van der Waals surface area contributed by atoms with Crippen LogP contribution in [0.5, 0.6) is 0 Å². The van der Waals surface area contributed by atoms with Gasteiger partial charge in [0.25, 0.3) is 0 Å². The van der Waals surface area contributed by atoms with Gasteiger partial charge in [-0.25, -0.2) is 0 Å². The van der Waals surface area contributed by atoms with Gasteiger partial charge in [0.15, 0.2) is 0 Å². The lowest BCUT2D eigenvalue weighted by molar-refractivity contribution is -0.108. The number of hydrogen-bond acceptors (Lipinski definition) is 4. The van der Waals surface area contributed by atoms with Gasteiger partial charge in [-0.3, -0.25) is 18.7 Å². The SMILES string of the molecule is O=CN(CCCCCCCCCN(C=O)c1ccc(C=CP(=O)(O)O)cc1)c1ccc(C=CP(=O)(O)O)cc1. The molecular weight excluding hydrogens is 542 g/mol. The molecule has 0 spiro atoms. The molecule has 0 radical (unpaired) electrons. The Hall–Kier alpha value is -2.84. The number of benzene rings is 2. The zero-order valence-electron chi connectivity index (χ0n) is 21.7. The van der Waals surface area contributed by atoms with Gasteiger partial charge in [0.1, 0.15) is 0 Å². The number of nitrogens with zero attached hydrogens (tertiary/aromatic N) is 2. The van der Waals surface area contributed by atoms with Crippen molar-refractivity contribution in [2.24, 2.45) is 0 Å². The number of unbranched alkanes of at least 4 members (excludes halogenated alkanes) is 6. The van der Waals surface area contributed by atoms with Crippen LogP contribution in [-0.4, -0.2) is 45.5 Å². The lowest BCUT2D eigenvalue weighted by Crippen LogP contribution is -2.22. The molecule has 0 unspecified atom stereocenters. The van der Waals surface area contributed by atoms with Crippen molar-refractivity contribution in [1.82, 2.24) is 0 Å². The largest absolute Gasteiger partial charge is 0.349 e. The number of anilines is 2. The fourth-order valence-electron chi connectivity index (χ4n) is 3.85. The van der Waals surface area contributed by atoms with E-state index >= 15 is 0 Å². The van der Waals surface area contributed by atoms with Crippen molar-refractivity contribution in [3.8, 4) is 0 Å². The monoisotopic (exact) mass is 578 g/mol. The number of carbonyl (C=O) groups excluding carboxylic acids is 2. The first kappa shape index (κ1) is 32.4. The molecule has 0 saturated heterocycles. The van der Waals surface area contributed by atoms with Gasteiger partial charge in [0.05, 0.1) is 0 Å². The van der Waals surface area contributed by atoms with Gasteiger partial charge in [0.2, 0.25) is 12.8 Å². The van der Waals surface area contributed by atoms with Crippen LogP contribution < -0.4 is 9.80 Å². The second-order valence-corrected chi connectivity index (χ2v) is 12.0. The molecule has 0 aliphatic carbocycles. The van der Waals surface area contributed by atoms with Gasteiger partial charge < -0.3 is 29.4 Å². The average Bonchev–Trinajstić information content (AvgIpc) is 2.90. The van der Waals surface area contributed by atoms with E-state index in [1.54, 1.807) is 58.3 Å². The Morgan fingerprint density at radius 3 is 1.13 bits per heavy atom. The van der Waals surface area contributed by atoms with Crippen molar-refractivity contribution in [1.29, 1.82) is 0 Å². The fraction of sp³-hybridized carbons (Fsp3) is 0.333. The Kier molecular flexibility index (Phi) is 13.5. The lowest BCUT2D eigenvalue weighted by Gasteiger charge is -2.18. The van der Waals surface area contributed by atoms with Crippen LogP contribution in [-0.2, 0) is 18.7 Å². The molecule has 0 heterocycles. The van der Waals surface area contributed by atoms with Crippen molar-refractivity contribution >= 4 is 51.5 Å². The maximum atomic E-state index is 11.5. The molecule has 12 heteroatoms. The van der Waals surface area contributed by atoms with E-state index in [-0.39, 0.29) is 0 Å². The molecule has 0 aliphatic rings. The highest BCUT2D eigenvalue weighted by Crippen LogP contribution is 2.37. The van der Waals surface area contributed by atoms with Gasteiger partial charge in [-0.05, 0) is 60.4 Å². The minimum absolute atomic E-state index is 0.587. The second-order valence-electron chi connectivity index (χ2n) is 9.07. The summed E-state index contributed by atoms with van der Waals surface area (Å²) < 4.78 is 21.9. The smallest absolute Gasteiger partial charge is 0.321 e. The van der Waals surface area contributed by atoms with Crippen LogP contribution in [0.15, 0.2) is 60.2 Å². The summed E-state index contributed by atoms with van der Waals surface area (Å²) in [6, 6.07) is 13.8. The molecule has 2 amide bonds. The molecule has 0 saturated carbocycles. The highest BCUT2D eigenvalue weighted by atomic mass is 31.2. The normalized spacial score (nSPS) is 12.2. The number of amides is 2. The molecule has 0 aliphatic heterocycles. The third kappa shape index (κ3) is 13.7. The van der Waals surface area contributed by atoms with Crippen LogP contribution in [0, 0.1) is 0 Å². The van der Waals surface area contributed by atoms with Crippen molar-refractivity contribution in [3.63, 3.8) is 0 Å². The van der Waals surface area contributed by atoms with E-state index in [9.17, 15) is 18.7 Å². The Morgan fingerprint density at radius 1 is 0.538 bits per heavy atom. The predicted octanol–water partition coefficient (Wildman–Crippen LogP) is 5.34. The zero-order valence-corrected chi connectivity index (χ0v) is 23.4. The van der Waals surface area contributed by atoms with E-state index in [1.807, 2.05) is 0 Å². The Morgan fingerprint density at radius 2 is 0.846 bits per heavy atom. The molecular formula is C27H36N2O8P2. The molecule has 39 heavy (non-hydrogen) atoms. The van der Waals surface area contributed by atoms with Crippen LogP contribution in [0.4, 0.5) is 11.4 Å².